The van der Waals surface area contributed by atoms with E-state index in [1.165, 1.54) is 36.1 Å². The third-order valence-electron chi connectivity index (χ3n) is 5.60. The fourth-order valence-corrected chi connectivity index (χ4v) is 4.94. The molecule has 2 aromatic carbocycles. The number of amides is 1. The molecule has 2 aromatic rings. The number of sulfonamides is 1. The van der Waals surface area contributed by atoms with E-state index in [1.807, 2.05) is 6.92 Å². The van der Waals surface area contributed by atoms with Crippen LogP contribution in [-0.4, -0.2) is 45.4 Å². The van der Waals surface area contributed by atoms with Gasteiger partial charge in [0, 0.05) is 18.7 Å². The molecule has 1 fully saturated rings. The first-order valence-corrected chi connectivity index (χ1v) is 12.0. The van der Waals surface area contributed by atoms with Gasteiger partial charge in [-0.1, -0.05) is 42.8 Å². The Morgan fingerprint density at radius 1 is 1.07 bits per heavy atom. The zero-order chi connectivity index (χ0) is 21.7. The largest absolute Gasteiger partial charge is 0.350 e. The summed E-state index contributed by atoms with van der Waals surface area (Å²) in [5, 5.41) is 3.04. The molecule has 1 heterocycles. The van der Waals surface area contributed by atoms with Crippen molar-refractivity contribution in [3.8, 4) is 0 Å². The van der Waals surface area contributed by atoms with Crippen LogP contribution in [0.25, 0.3) is 0 Å². The van der Waals surface area contributed by atoms with Gasteiger partial charge in [0.2, 0.25) is 10.0 Å². The van der Waals surface area contributed by atoms with Gasteiger partial charge in [-0.3, -0.25) is 9.69 Å². The Kier molecular flexibility index (Phi) is 7.28. The van der Waals surface area contributed by atoms with Crippen molar-refractivity contribution in [3.63, 3.8) is 0 Å². The summed E-state index contributed by atoms with van der Waals surface area (Å²) in [4.78, 5) is 15.5. The van der Waals surface area contributed by atoms with Crippen molar-refractivity contribution in [2.75, 3.05) is 26.2 Å². The number of nitrogens with one attached hydrogen (secondary N) is 2. The molecule has 162 valence electrons. The van der Waals surface area contributed by atoms with Crippen LogP contribution in [-0.2, 0) is 10.0 Å². The van der Waals surface area contributed by atoms with Crippen molar-refractivity contribution in [1.82, 2.24) is 14.9 Å². The topological polar surface area (TPSA) is 78.5 Å². The first-order valence-electron chi connectivity index (χ1n) is 10.5. The second kappa shape index (κ2) is 9.73. The maximum Gasteiger partial charge on any atom is 0.251 e. The zero-order valence-electron chi connectivity index (χ0n) is 17.9. The zero-order valence-corrected chi connectivity index (χ0v) is 18.8. The fraction of sp³-hybridized carbons (Fsp3) is 0.435. The van der Waals surface area contributed by atoms with Crippen molar-refractivity contribution >= 4 is 15.9 Å². The Morgan fingerprint density at radius 2 is 1.73 bits per heavy atom. The highest BCUT2D eigenvalue weighted by atomic mass is 32.2. The van der Waals surface area contributed by atoms with E-state index in [9.17, 15) is 13.2 Å². The first-order chi connectivity index (χ1) is 14.3. The van der Waals surface area contributed by atoms with E-state index in [2.05, 4.69) is 46.1 Å². The fourth-order valence-electron chi connectivity index (χ4n) is 3.87. The number of aryl methyl sites for hydroxylation is 2. The number of hydrogen-bond donors (Lipinski definition) is 2. The van der Waals surface area contributed by atoms with Crippen LogP contribution >= 0.6 is 0 Å². The first kappa shape index (κ1) is 22.5. The number of nitrogens with zero attached hydrogens (tertiary/aromatic N) is 1. The summed E-state index contributed by atoms with van der Waals surface area (Å²) >= 11 is 0. The number of carbonyl (C=O) groups is 1. The smallest absolute Gasteiger partial charge is 0.251 e. The quantitative estimate of drug-likeness (QED) is 0.676. The van der Waals surface area contributed by atoms with E-state index in [0.29, 0.717) is 18.7 Å². The summed E-state index contributed by atoms with van der Waals surface area (Å²) in [5.41, 5.74) is 3.52. The lowest BCUT2D eigenvalue weighted by molar-refractivity contribution is 0.0937. The predicted octanol–water partition coefficient (Wildman–Crippen LogP) is 3.17. The molecule has 30 heavy (non-hydrogen) atoms. The van der Waals surface area contributed by atoms with Crippen LogP contribution in [0, 0.1) is 13.8 Å². The van der Waals surface area contributed by atoms with Gasteiger partial charge in [0.05, 0.1) is 10.9 Å². The monoisotopic (exact) mass is 429 g/mol. The normalized spacial score (nSPS) is 15.8. The lowest BCUT2D eigenvalue weighted by Gasteiger charge is -2.28. The molecule has 2 N–H and O–H groups in total. The molecule has 6 nitrogen and oxygen atoms in total. The summed E-state index contributed by atoms with van der Waals surface area (Å²) < 4.78 is 27.1. The van der Waals surface area contributed by atoms with Gasteiger partial charge in [-0.15, -0.1) is 0 Å². The van der Waals surface area contributed by atoms with Gasteiger partial charge in [-0.25, -0.2) is 13.1 Å². The molecule has 1 amide bonds. The van der Waals surface area contributed by atoms with Crippen molar-refractivity contribution in [3.05, 3.63) is 64.7 Å². The van der Waals surface area contributed by atoms with Crippen LogP contribution in [0.15, 0.2) is 47.4 Å². The molecular formula is C23H31N3O3S. The van der Waals surface area contributed by atoms with Gasteiger partial charge in [0.25, 0.3) is 5.91 Å². The van der Waals surface area contributed by atoms with Gasteiger partial charge in [0.1, 0.15) is 0 Å². The highest BCUT2D eigenvalue weighted by Crippen LogP contribution is 2.25. The molecular weight excluding hydrogens is 398 g/mol. The molecule has 1 aliphatic heterocycles. The molecule has 0 spiro atoms. The minimum Gasteiger partial charge on any atom is -0.350 e. The van der Waals surface area contributed by atoms with E-state index >= 15 is 0 Å². The lowest BCUT2D eigenvalue weighted by atomic mass is 10.0. The lowest BCUT2D eigenvalue weighted by Crippen LogP contribution is -2.37. The number of benzene rings is 2. The molecule has 1 atom stereocenters. The molecule has 7 heteroatoms. The van der Waals surface area contributed by atoms with Gasteiger partial charge in [-0.05, 0) is 63.0 Å². The highest BCUT2D eigenvalue weighted by Gasteiger charge is 2.25. The number of hydrogen-bond acceptors (Lipinski definition) is 4. The van der Waals surface area contributed by atoms with Gasteiger partial charge in [0.15, 0.2) is 0 Å². The van der Waals surface area contributed by atoms with Crippen molar-refractivity contribution in [1.29, 1.82) is 0 Å². The van der Waals surface area contributed by atoms with E-state index < -0.39 is 10.0 Å². The van der Waals surface area contributed by atoms with E-state index in [4.69, 9.17) is 0 Å². The van der Waals surface area contributed by atoms with Crippen LogP contribution in [0.1, 0.15) is 52.9 Å². The molecule has 0 aliphatic carbocycles. The maximum absolute atomic E-state index is 13.0. The van der Waals surface area contributed by atoms with E-state index in [0.717, 1.165) is 18.7 Å². The predicted molar refractivity (Wildman–Crippen MR) is 119 cm³/mol. The van der Waals surface area contributed by atoms with Crippen molar-refractivity contribution in [2.45, 2.75) is 44.6 Å². The molecule has 3 rings (SSSR count). The highest BCUT2D eigenvalue weighted by molar-refractivity contribution is 7.89. The third-order valence-corrected chi connectivity index (χ3v) is 7.14. The van der Waals surface area contributed by atoms with Gasteiger partial charge < -0.3 is 5.32 Å². The van der Waals surface area contributed by atoms with Crippen LogP contribution in [0.5, 0.6) is 0 Å². The average molecular weight is 430 g/mol. The minimum absolute atomic E-state index is 0.103. The van der Waals surface area contributed by atoms with Crippen LogP contribution in [0.3, 0.4) is 0 Å². The summed E-state index contributed by atoms with van der Waals surface area (Å²) in [6, 6.07) is 13.2. The number of carbonyl (C=O) groups excluding carboxylic acids is 1. The molecule has 0 aromatic heterocycles. The second-order valence-electron chi connectivity index (χ2n) is 7.86. The Hall–Kier alpha value is -2.22. The Labute approximate surface area is 179 Å². The van der Waals surface area contributed by atoms with Crippen LogP contribution < -0.4 is 10.0 Å². The molecule has 0 saturated carbocycles. The number of rotatable bonds is 8. The summed E-state index contributed by atoms with van der Waals surface area (Å²) in [7, 11) is -3.61. The van der Waals surface area contributed by atoms with Crippen molar-refractivity contribution < 1.29 is 13.2 Å². The molecule has 1 saturated heterocycles. The standard InChI is InChI=1S/C23H31N3O3S/c1-4-25-30(28,29)20-12-9-18(3)21(15-20)23(27)24-16-22(26-13-5-6-14-26)19-10-7-17(2)8-11-19/h7-12,15,22,25H,4-6,13-14,16H2,1-3H3,(H,24,27). The maximum atomic E-state index is 13.0. The Bertz CT molecular complexity index is 981. The second-order valence-corrected chi connectivity index (χ2v) is 9.62. The molecule has 1 unspecified atom stereocenters. The number of likely N-dealkylation sites (tertiary alicyclic amines) is 1. The van der Waals surface area contributed by atoms with Crippen molar-refractivity contribution in [2.24, 2.45) is 0 Å². The summed E-state index contributed by atoms with van der Waals surface area (Å²) in [6.07, 6.45) is 2.33. The third kappa shape index (κ3) is 5.28. The molecule has 1 aliphatic rings. The molecule has 0 bridgehead atoms. The van der Waals surface area contributed by atoms with Gasteiger partial charge >= 0.3 is 0 Å². The van der Waals surface area contributed by atoms with Crippen LogP contribution in [0.2, 0.25) is 0 Å². The minimum atomic E-state index is -3.61. The average Bonchev–Trinajstić information content (AvgIpc) is 3.24. The Balaban J connectivity index is 1.79. The van der Waals surface area contributed by atoms with Crippen LogP contribution in [0.4, 0.5) is 0 Å². The Morgan fingerprint density at radius 3 is 2.37 bits per heavy atom. The molecule has 0 radical (unpaired) electrons. The van der Waals surface area contributed by atoms with E-state index in [1.54, 1.807) is 13.0 Å². The summed E-state index contributed by atoms with van der Waals surface area (Å²) in [6.45, 7) is 8.41. The summed E-state index contributed by atoms with van der Waals surface area (Å²) in [5.74, 6) is -0.252. The van der Waals surface area contributed by atoms with E-state index in [-0.39, 0.29) is 16.8 Å². The SMILES string of the molecule is CCNS(=O)(=O)c1ccc(C)c(C(=O)NCC(c2ccc(C)cc2)N2CCCC2)c1. The van der Waals surface area contributed by atoms with Gasteiger partial charge in [-0.2, -0.15) is 0 Å².